The summed E-state index contributed by atoms with van der Waals surface area (Å²) in [4.78, 5) is 25.5. The van der Waals surface area contributed by atoms with E-state index in [0.717, 1.165) is 11.4 Å². The molecule has 2 N–H and O–H groups in total. The molecule has 0 bridgehead atoms. The van der Waals surface area contributed by atoms with Crippen LogP contribution in [0, 0.1) is 0 Å². The van der Waals surface area contributed by atoms with E-state index in [1.54, 1.807) is 24.3 Å². The SMILES string of the molecule is CCC(Sc1nnc(CNC(=O)c2ccc(Cl)cc2)n1-c1ccccc1)C(=O)Nc1ccccc1. The first-order chi connectivity index (χ1) is 17.0. The maximum absolute atomic E-state index is 12.9. The normalized spacial score (nSPS) is 11.6. The average molecular weight is 506 g/mol. The summed E-state index contributed by atoms with van der Waals surface area (Å²) in [5.74, 6) is 0.204. The van der Waals surface area contributed by atoms with Gasteiger partial charge in [0.25, 0.3) is 5.91 Å². The molecule has 4 rings (SSSR count). The van der Waals surface area contributed by atoms with Crippen LogP contribution in [0.15, 0.2) is 90.1 Å². The van der Waals surface area contributed by atoms with Gasteiger partial charge in [0.15, 0.2) is 11.0 Å². The summed E-state index contributed by atoms with van der Waals surface area (Å²) in [6.45, 7) is 2.12. The molecule has 0 saturated heterocycles. The molecule has 1 atom stereocenters. The van der Waals surface area contributed by atoms with Gasteiger partial charge in [-0.05, 0) is 55.0 Å². The summed E-state index contributed by atoms with van der Waals surface area (Å²) >= 11 is 7.26. The molecule has 3 aromatic carbocycles. The molecular formula is C26H24ClN5O2S. The van der Waals surface area contributed by atoms with Gasteiger partial charge >= 0.3 is 0 Å². The fourth-order valence-electron chi connectivity index (χ4n) is 3.38. The van der Waals surface area contributed by atoms with E-state index in [4.69, 9.17) is 11.6 Å². The number of carbonyl (C=O) groups excluding carboxylic acids is 2. The number of para-hydroxylation sites is 2. The number of rotatable bonds is 9. The summed E-state index contributed by atoms with van der Waals surface area (Å²) in [7, 11) is 0. The second-order valence-electron chi connectivity index (χ2n) is 7.63. The molecule has 0 spiro atoms. The Kier molecular flexibility index (Phi) is 8.18. The number of carbonyl (C=O) groups is 2. The van der Waals surface area contributed by atoms with Crippen molar-refractivity contribution in [2.75, 3.05) is 5.32 Å². The second kappa shape index (κ2) is 11.7. The van der Waals surface area contributed by atoms with Crippen LogP contribution in [-0.2, 0) is 11.3 Å². The fourth-order valence-corrected chi connectivity index (χ4v) is 4.50. The molecule has 1 heterocycles. The highest BCUT2D eigenvalue weighted by molar-refractivity contribution is 8.00. The molecule has 2 amide bonds. The Labute approximate surface area is 212 Å². The second-order valence-corrected chi connectivity index (χ2v) is 9.24. The third kappa shape index (κ3) is 6.29. The highest BCUT2D eigenvalue weighted by Gasteiger charge is 2.23. The van der Waals surface area contributed by atoms with E-state index in [9.17, 15) is 9.59 Å². The molecule has 178 valence electrons. The molecule has 0 saturated carbocycles. The van der Waals surface area contributed by atoms with E-state index in [0.29, 0.717) is 28.0 Å². The number of halogens is 1. The van der Waals surface area contributed by atoms with Crippen LogP contribution in [0.25, 0.3) is 5.69 Å². The van der Waals surface area contributed by atoms with Crippen LogP contribution in [0.4, 0.5) is 5.69 Å². The molecule has 1 unspecified atom stereocenters. The molecular weight excluding hydrogens is 482 g/mol. The van der Waals surface area contributed by atoms with Crippen molar-refractivity contribution in [1.29, 1.82) is 0 Å². The van der Waals surface area contributed by atoms with Crippen molar-refractivity contribution in [3.63, 3.8) is 0 Å². The van der Waals surface area contributed by atoms with Gasteiger partial charge in [-0.2, -0.15) is 0 Å². The maximum atomic E-state index is 12.9. The Morgan fingerprint density at radius 2 is 1.60 bits per heavy atom. The number of benzene rings is 3. The lowest BCUT2D eigenvalue weighted by molar-refractivity contribution is -0.115. The highest BCUT2D eigenvalue weighted by Crippen LogP contribution is 2.28. The minimum Gasteiger partial charge on any atom is -0.345 e. The Hall–Kier alpha value is -3.62. The van der Waals surface area contributed by atoms with Crippen LogP contribution >= 0.6 is 23.4 Å². The van der Waals surface area contributed by atoms with Crippen molar-refractivity contribution in [1.82, 2.24) is 20.1 Å². The van der Waals surface area contributed by atoms with Crippen LogP contribution in [-0.4, -0.2) is 31.8 Å². The first-order valence-corrected chi connectivity index (χ1v) is 12.4. The zero-order chi connectivity index (χ0) is 24.6. The molecule has 7 nitrogen and oxygen atoms in total. The van der Waals surface area contributed by atoms with Crippen molar-refractivity contribution in [3.05, 3.63) is 101 Å². The largest absolute Gasteiger partial charge is 0.345 e. The molecule has 35 heavy (non-hydrogen) atoms. The zero-order valence-corrected chi connectivity index (χ0v) is 20.6. The Morgan fingerprint density at radius 3 is 2.26 bits per heavy atom. The summed E-state index contributed by atoms with van der Waals surface area (Å²) in [5, 5.41) is 15.3. The van der Waals surface area contributed by atoms with Gasteiger partial charge in [0, 0.05) is 22.0 Å². The standard InChI is InChI=1S/C26H24ClN5O2S/c1-2-22(25(34)29-20-9-5-3-6-10-20)35-26-31-30-23(32(26)21-11-7-4-8-12-21)17-28-24(33)18-13-15-19(27)16-14-18/h3-16,22H,2,17H2,1H3,(H,28,33)(H,29,34). The summed E-state index contributed by atoms with van der Waals surface area (Å²) < 4.78 is 1.87. The van der Waals surface area contributed by atoms with Gasteiger partial charge in [-0.3, -0.25) is 14.2 Å². The van der Waals surface area contributed by atoms with Crippen molar-refractivity contribution in [3.8, 4) is 5.69 Å². The Balaban J connectivity index is 1.54. The topological polar surface area (TPSA) is 88.9 Å². The number of aromatic nitrogens is 3. The molecule has 0 radical (unpaired) electrons. The minimum absolute atomic E-state index is 0.107. The first-order valence-electron chi connectivity index (χ1n) is 11.1. The third-order valence-corrected chi connectivity index (χ3v) is 6.74. The summed E-state index contributed by atoms with van der Waals surface area (Å²) in [6, 6.07) is 25.6. The molecule has 0 aliphatic heterocycles. The lowest BCUT2D eigenvalue weighted by atomic mass is 10.2. The third-order valence-electron chi connectivity index (χ3n) is 5.18. The summed E-state index contributed by atoms with van der Waals surface area (Å²) in [5.41, 5.74) is 2.08. The van der Waals surface area contributed by atoms with Gasteiger partial charge in [0.05, 0.1) is 11.8 Å². The van der Waals surface area contributed by atoms with E-state index in [-0.39, 0.29) is 23.6 Å². The Bertz CT molecular complexity index is 1280. The van der Waals surface area contributed by atoms with Crippen molar-refractivity contribution in [2.45, 2.75) is 30.3 Å². The number of nitrogens with one attached hydrogen (secondary N) is 2. The van der Waals surface area contributed by atoms with E-state index >= 15 is 0 Å². The van der Waals surface area contributed by atoms with Crippen LogP contribution in [0.5, 0.6) is 0 Å². The van der Waals surface area contributed by atoms with Crippen LogP contribution in [0.2, 0.25) is 5.02 Å². The Morgan fingerprint density at radius 1 is 0.943 bits per heavy atom. The number of nitrogens with zero attached hydrogens (tertiary/aromatic N) is 3. The average Bonchev–Trinajstić information content (AvgIpc) is 3.29. The predicted octanol–water partition coefficient (Wildman–Crippen LogP) is 5.36. The van der Waals surface area contributed by atoms with Gasteiger partial charge in [-0.1, -0.05) is 66.7 Å². The van der Waals surface area contributed by atoms with Crippen molar-refractivity contribution >= 4 is 40.9 Å². The molecule has 4 aromatic rings. The number of thioether (sulfide) groups is 1. The van der Waals surface area contributed by atoms with E-state index in [1.165, 1.54) is 11.8 Å². The lowest BCUT2D eigenvalue weighted by Crippen LogP contribution is -2.26. The van der Waals surface area contributed by atoms with Crippen LogP contribution < -0.4 is 10.6 Å². The van der Waals surface area contributed by atoms with Gasteiger partial charge < -0.3 is 10.6 Å². The minimum atomic E-state index is -0.377. The maximum Gasteiger partial charge on any atom is 0.251 e. The van der Waals surface area contributed by atoms with Gasteiger partial charge in [0.2, 0.25) is 5.91 Å². The molecule has 0 aliphatic carbocycles. The predicted molar refractivity (Wildman–Crippen MR) is 139 cm³/mol. The molecule has 0 aliphatic rings. The molecule has 0 fully saturated rings. The quantitative estimate of drug-likeness (QED) is 0.299. The highest BCUT2D eigenvalue weighted by atomic mass is 35.5. The van der Waals surface area contributed by atoms with Gasteiger partial charge in [0.1, 0.15) is 0 Å². The molecule has 9 heteroatoms. The van der Waals surface area contributed by atoms with Crippen molar-refractivity contribution in [2.24, 2.45) is 0 Å². The van der Waals surface area contributed by atoms with Gasteiger partial charge in [-0.25, -0.2) is 0 Å². The monoisotopic (exact) mass is 505 g/mol. The first kappa shape index (κ1) is 24.5. The summed E-state index contributed by atoms with van der Waals surface area (Å²) in [6.07, 6.45) is 0.605. The van der Waals surface area contributed by atoms with Crippen LogP contribution in [0.1, 0.15) is 29.5 Å². The smallest absolute Gasteiger partial charge is 0.251 e. The lowest BCUT2D eigenvalue weighted by Gasteiger charge is -2.16. The van der Waals surface area contributed by atoms with Gasteiger partial charge in [-0.15, -0.1) is 10.2 Å². The molecule has 1 aromatic heterocycles. The fraction of sp³-hybridized carbons (Fsp3) is 0.154. The number of anilines is 1. The van der Waals surface area contributed by atoms with E-state index in [2.05, 4.69) is 20.8 Å². The zero-order valence-electron chi connectivity index (χ0n) is 19.0. The number of hydrogen-bond donors (Lipinski definition) is 2. The van der Waals surface area contributed by atoms with Crippen molar-refractivity contribution < 1.29 is 9.59 Å². The number of amides is 2. The number of hydrogen-bond acceptors (Lipinski definition) is 5. The van der Waals surface area contributed by atoms with E-state index < -0.39 is 0 Å². The van der Waals surface area contributed by atoms with E-state index in [1.807, 2.05) is 72.2 Å². The van der Waals surface area contributed by atoms with Crippen LogP contribution in [0.3, 0.4) is 0 Å².